The van der Waals surface area contributed by atoms with E-state index in [9.17, 15) is 21.7 Å². The Morgan fingerprint density at radius 3 is 1.19 bits per heavy atom. The molecule has 228 valence electrons. The van der Waals surface area contributed by atoms with Crippen LogP contribution in [0.15, 0.2) is 0 Å². The van der Waals surface area contributed by atoms with Crippen LogP contribution in [0.3, 0.4) is 0 Å². The summed E-state index contributed by atoms with van der Waals surface area (Å²) in [5, 5.41) is 0. The minimum Gasteiger partial charge on any atom is -0.778 e. The van der Waals surface area contributed by atoms with E-state index in [0.29, 0.717) is 23.7 Å². The van der Waals surface area contributed by atoms with Gasteiger partial charge >= 0.3 is 0 Å². The highest BCUT2D eigenvalue weighted by Crippen LogP contribution is 2.21. The third-order valence-electron chi connectivity index (χ3n) is 5.32. The molecule has 0 radical (unpaired) electrons. The van der Waals surface area contributed by atoms with Crippen LogP contribution in [0, 0.1) is 23.7 Å². The molecule has 37 heavy (non-hydrogen) atoms. The van der Waals surface area contributed by atoms with Gasteiger partial charge in [-0.3, -0.25) is 4.21 Å². The minimum absolute atomic E-state index is 0. The molecule has 0 aromatic heterocycles. The molecule has 0 amide bonds. The molecule has 0 aromatic rings. The Balaban J connectivity index is -0.000000228. The molecular weight excluding hydrogens is 508 g/mol. The summed E-state index contributed by atoms with van der Waals surface area (Å²) in [5.74, 6) is 3.09. The first-order valence-corrected chi connectivity index (χ1v) is 16.3. The van der Waals surface area contributed by atoms with E-state index in [4.69, 9.17) is 0 Å². The van der Waals surface area contributed by atoms with Crippen LogP contribution in [-0.2, 0) is 19.9 Å². The summed E-state index contributed by atoms with van der Waals surface area (Å²) in [4.78, 5) is 0. The van der Waals surface area contributed by atoms with Gasteiger partial charge in [0.15, 0.2) is 0 Å². The molecule has 0 saturated heterocycles. The average Bonchev–Trinajstić information content (AvgIpc) is 2.54. The van der Waals surface area contributed by atoms with Crippen LogP contribution < -0.4 is 0 Å². The van der Waals surface area contributed by atoms with Crippen molar-refractivity contribution in [3.05, 3.63) is 7.43 Å². The number of nitrogens with zero attached hydrogens (tertiary/aromatic N) is 2. The van der Waals surface area contributed by atoms with Gasteiger partial charge in [-0.15, -0.1) is 0 Å². The van der Waals surface area contributed by atoms with E-state index in [0.717, 1.165) is 28.5 Å². The molecule has 0 bridgehead atoms. The lowest BCUT2D eigenvalue weighted by molar-refractivity contribution is -0.891. The standard InChI is InChI=1S/C12H27NO2S.C9H22N.C6H14O3S.CH3/c1-12(2,3)8-10-13(4,5)9-7-11-16(6,14)15;1-9(2,3)7-8-10(4,5)6;1-6(2,3)4-5-10(7,8)9;/h6-11H2,1-5H3;7-8H2,1-6H3;4-5H2,1-3H3,(H,7,8,9);1H3/q;+1;;+1/p-1. The van der Waals surface area contributed by atoms with Gasteiger partial charge in [0, 0.05) is 38.2 Å². The van der Waals surface area contributed by atoms with E-state index in [1.165, 1.54) is 13.0 Å². The highest BCUT2D eigenvalue weighted by atomic mass is 32.2. The molecule has 0 aliphatic rings. The first-order chi connectivity index (χ1) is 15.3. The lowest BCUT2D eigenvalue weighted by Crippen LogP contribution is -2.43. The third kappa shape index (κ3) is 49.2. The first kappa shape index (κ1) is 43.7. The van der Waals surface area contributed by atoms with Gasteiger partial charge < -0.3 is 18.1 Å². The van der Waals surface area contributed by atoms with Gasteiger partial charge in [-0.05, 0) is 22.7 Å². The maximum atomic E-state index is 10.9. The molecule has 0 rings (SSSR count). The van der Waals surface area contributed by atoms with Gasteiger partial charge in [0.2, 0.25) is 0 Å². The van der Waals surface area contributed by atoms with Crippen LogP contribution in [0.2, 0.25) is 0 Å². The number of rotatable bonds is 10. The summed E-state index contributed by atoms with van der Waals surface area (Å²) < 4.78 is 54.2. The average molecular weight is 574 g/mol. The quantitative estimate of drug-likeness (QED) is 0.153. The Morgan fingerprint density at radius 2 is 0.973 bits per heavy atom. The predicted octanol–water partition coefficient (Wildman–Crippen LogP) is 5.28. The summed E-state index contributed by atoms with van der Waals surface area (Å²) in [5.41, 5.74) is 0.761. The molecule has 0 fully saturated rings. The lowest BCUT2D eigenvalue weighted by atomic mass is 9.92. The first-order valence-electron chi connectivity index (χ1n) is 12.9. The number of hydrogen-bond donors (Lipinski definition) is 0. The zero-order chi connectivity index (χ0) is 29.9. The molecule has 0 aliphatic heterocycles. The molecule has 0 saturated carbocycles. The second-order valence-corrected chi connectivity index (χ2v) is 18.8. The topological polar surface area (TPSA) is 97.3 Å². The van der Waals surface area contributed by atoms with Crippen molar-refractivity contribution in [2.45, 2.75) is 88.0 Å². The minimum atomic E-state index is -4.01. The predicted molar refractivity (Wildman–Crippen MR) is 163 cm³/mol. The van der Waals surface area contributed by atoms with Gasteiger partial charge in [-0.2, -0.15) is 0 Å². The normalized spacial score (nSPS) is 14.8. The van der Waals surface area contributed by atoms with E-state index < -0.39 is 19.9 Å². The van der Waals surface area contributed by atoms with Crippen LogP contribution in [0.1, 0.15) is 88.0 Å². The zero-order valence-electron chi connectivity index (χ0n) is 27.3. The summed E-state index contributed by atoms with van der Waals surface area (Å²) in [6, 6.07) is 0. The van der Waals surface area contributed by atoms with Crippen molar-refractivity contribution in [2.75, 3.05) is 66.4 Å². The van der Waals surface area contributed by atoms with E-state index in [-0.39, 0.29) is 24.3 Å². The summed E-state index contributed by atoms with van der Waals surface area (Å²) >= 11 is 0. The molecule has 0 aliphatic carbocycles. The Labute approximate surface area is 234 Å². The fraction of sp³-hybridized carbons (Fsp3) is 0.929. The Hall–Kier alpha value is -0.320. The van der Waals surface area contributed by atoms with Gasteiger partial charge in [-0.1, -0.05) is 78.0 Å². The Morgan fingerprint density at radius 1 is 0.622 bits per heavy atom. The highest BCUT2D eigenvalue weighted by molar-refractivity contribution is 7.94. The van der Waals surface area contributed by atoms with Crippen LogP contribution in [-0.4, -0.2) is 103 Å². The molecule has 1 atom stereocenters. The molecule has 0 spiro atoms. The Kier molecular flexibility index (Phi) is 19.7. The second-order valence-electron chi connectivity index (χ2n) is 15.4. The zero-order valence-corrected chi connectivity index (χ0v) is 29.0. The third-order valence-corrected chi connectivity index (χ3v) is 6.94. The highest BCUT2D eigenvalue weighted by Gasteiger charge is 2.19. The van der Waals surface area contributed by atoms with Crippen molar-refractivity contribution in [2.24, 2.45) is 16.2 Å². The van der Waals surface area contributed by atoms with Crippen LogP contribution >= 0.6 is 0 Å². The molecule has 0 heterocycles. The molecule has 0 N–H and O–H groups in total. The Bertz CT molecular complexity index is 777. The number of hydrogen-bond acceptors (Lipinski definition) is 5. The maximum Gasteiger partial charge on any atom is 0.0946 e. The fourth-order valence-corrected chi connectivity index (χ4v) is 4.00. The smallest absolute Gasteiger partial charge is 0.0946 e. The summed E-state index contributed by atoms with van der Waals surface area (Å²) in [7, 11) is 3.98. The fourth-order valence-electron chi connectivity index (χ4n) is 2.56. The van der Waals surface area contributed by atoms with Crippen molar-refractivity contribution in [1.29, 1.82) is 0 Å². The van der Waals surface area contributed by atoms with Crippen molar-refractivity contribution in [1.82, 2.24) is 0 Å². The molecule has 7 nitrogen and oxygen atoms in total. The molecule has 1 unspecified atom stereocenters. The van der Waals surface area contributed by atoms with Crippen LogP contribution in [0.5, 0.6) is 0 Å². The molecule has 0 aromatic carbocycles. The second kappa shape index (κ2) is 16.7. The lowest BCUT2D eigenvalue weighted by Gasteiger charge is -2.33. The van der Waals surface area contributed by atoms with Crippen molar-refractivity contribution in [3.8, 4) is 0 Å². The van der Waals surface area contributed by atoms with Gasteiger partial charge in [0.05, 0.1) is 65.0 Å². The summed E-state index contributed by atoms with van der Waals surface area (Å²) in [6.45, 7) is 22.5. The van der Waals surface area contributed by atoms with Gasteiger partial charge in [-0.25, -0.2) is 8.42 Å². The monoisotopic (exact) mass is 573 g/mol. The summed E-state index contributed by atoms with van der Waals surface area (Å²) in [6.07, 6.45) is 3.58. The van der Waals surface area contributed by atoms with Crippen LogP contribution in [0.25, 0.3) is 0 Å². The molecular formula is C28H65N2O5S2+. The maximum absolute atomic E-state index is 10.9. The molecule has 9 heteroatoms. The van der Waals surface area contributed by atoms with Crippen molar-refractivity contribution >= 4 is 25.8 Å². The van der Waals surface area contributed by atoms with E-state index in [1.807, 2.05) is 20.8 Å². The van der Waals surface area contributed by atoms with E-state index in [1.54, 1.807) is 0 Å². The van der Waals surface area contributed by atoms with E-state index >= 15 is 0 Å². The van der Waals surface area contributed by atoms with Gasteiger partial charge in [0.1, 0.15) is 0 Å². The van der Waals surface area contributed by atoms with E-state index in [2.05, 4.69) is 82.7 Å². The van der Waals surface area contributed by atoms with Gasteiger partial charge in [0.25, 0.3) is 0 Å². The van der Waals surface area contributed by atoms with Crippen molar-refractivity contribution in [3.63, 3.8) is 0 Å². The van der Waals surface area contributed by atoms with Crippen molar-refractivity contribution < 1.29 is 30.7 Å². The number of quaternary nitrogens is 2. The largest absolute Gasteiger partial charge is 0.778 e. The SMILES string of the molecule is C=S(=O)([O-])CCC[N+](C)(C)CCC(C)(C)C.CC(C)(C)CCS(=O)(=O)[O-].CC(C)(C)CC[N+](C)(C)C.[CH3+]. The van der Waals surface area contributed by atoms with Crippen LogP contribution in [0.4, 0.5) is 0 Å².